The van der Waals surface area contributed by atoms with Crippen molar-refractivity contribution in [2.75, 3.05) is 0 Å². The van der Waals surface area contributed by atoms with Crippen molar-refractivity contribution in [1.82, 2.24) is 0 Å². The largest absolute Gasteiger partial charge is 0.545 e. The minimum atomic E-state index is -3.20. The molecule has 0 heterocycles. The molecule has 0 aliphatic carbocycles. The van der Waals surface area contributed by atoms with Crippen LogP contribution in [-0.4, -0.2) is 17.0 Å². The second-order valence-corrected chi connectivity index (χ2v) is 30.3. The van der Waals surface area contributed by atoms with Crippen molar-refractivity contribution in [1.29, 1.82) is 0 Å². The van der Waals surface area contributed by atoms with Crippen LogP contribution in [-0.2, 0) is 0 Å². The van der Waals surface area contributed by atoms with Crippen molar-refractivity contribution >= 4 is 213 Å². The summed E-state index contributed by atoms with van der Waals surface area (Å²) in [6, 6.07) is 128. The third-order valence-electron chi connectivity index (χ3n) is 21.5. The predicted molar refractivity (Wildman–Crippen MR) is 429 cm³/mol. The molecule has 0 saturated carbocycles. The van der Waals surface area contributed by atoms with Crippen molar-refractivity contribution in [3.05, 3.63) is 351 Å². The Morgan fingerprint density at radius 2 is 0.396 bits per heavy atom. The molecule has 5 heteroatoms. The average Bonchev–Trinajstić information content (AvgIpc) is 0.689. The molecule has 21 rings (SSSR count). The number of benzene rings is 21. The molecular formula is C96H57O4P. The summed E-state index contributed by atoms with van der Waals surface area (Å²) < 4.78 is 0. The lowest BCUT2D eigenvalue weighted by Crippen LogP contribution is -2.40. The molecule has 1 N–H and O–H groups in total. The van der Waals surface area contributed by atoms with E-state index in [9.17, 15) is 14.7 Å². The molecule has 0 amide bonds. The van der Waals surface area contributed by atoms with Crippen molar-refractivity contribution < 1.29 is 19.8 Å². The highest BCUT2D eigenvalue weighted by atomic mass is 31.2. The van der Waals surface area contributed by atoms with E-state index < -0.39 is 19.2 Å². The van der Waals surface area contributed by atoms with Gasteiger partial charge in [0.05, 0.1) is 11.5 Å². The Morgan fingerprint density at radius 3 is 0.644 bits per heavy atom. The van der Waals surface area contributed by atoms with E-state index in [0.717, 1.165) is 6.07 Å². The summed E-state index contributed by atoms with van der Waals surface area (Å²) >= 11 is 0. The highest BCUT2D eigenvalue weighted by molar-refractivity contribution is 8.02. The first kappa shape index (κ1) is 58.3. The zero-order chi connectivity index (χ0) is 67.2. The van der Waals surface area contributed by atoms with Gasteiger partial charge in [0.15, 0.2) is 0 Å². The molecule has 0 saturated heterocycles. The van der Waals surface area contributed by atoms with Crippen molar-refractivity contribution in [2.24, 2.45) is 0 Å². The van der Waals surface area contributed by atoms with Gasteiger partial charge in [-0.2, -0.15) is 0 Å². The highest BCUT2D eigenvalue weighted by Gasteiger charge is 2.52. The van der Waals surface area contributed by atoms with E-state index >= 15 is 0 Å². The van der Waals surface area contributed by atoms with E-state index in [1.807, 2.05) is 0 Å². The second-order valence-electron chi connectivity index (χ2n) is 27.1. The SMILES string of the molecule is O=C([O-])c1cccc(C(=O)O)c1.c1ccc2cc3c(ccc4cc5cccc([P+](c6cccc7cc8ccc9cc%10ccccc%10cc9c8cc67)(c6cccc7cc8ccc9cc%10ccccc%10cc9c8cc67)c6cccc7cc8ccc9cc%10ccccc%10cc9c8cc67)c5cc43)cc2c1. The van der Waals surface area contributed by atoms with Crippen LogP contribution in [0.4, 0.5) is 0 Å². The monoisotopic (exact) mass is 1300 g/mol. The number of carbonyl (C=O) groups excluding carboxylic acids is 1. The summed E-state index contributed by atoms with van der Waals surface area (Å²) in [6.07, 6.45) is 0. The zero-order valence-electron chi connectivity index (χ0n) is 54.5. The summed E-state index contributed by atoms with van der Waals surface area (Å²) in [4.78, 5) is 20.6. The molecule has 0 aliphatic heterocycles. The van der Waals surface area contributed by atoms with E-state index in [0.29, 0.717) is 0 Å². The molecule has 101 heavy (non-hydrogen) atoms. The normalized spacial score (nSPS) is 12.1. The lowest BCUT2D eigenvalue weighted by Gasteiger charge is -2.32. The highest BCUT2D eigenvalue weighted by Crippen LogP contribution is 2.60. The van der Waals surface area contributed by atoms with E-state index in [4.69, 9.17) is 5.11 Å². The lowest BCUT2D eigenvalue weighted by atomic mass is 9.96. The van der Waals surface area contributed by atoms with Gasteiger partial charge in [-0.25, -0.2) is 4.79 Å². The molecule has 0 radical (unpaired) electrons. The molecule has 21 aromatic carbocycles. The molecular weight excluding hydrogens is 1250 g/mol. The van der Waals surface area contributed by atoms with E-state index in [-0.39, 0.29) is 11.1 Å². The Hall–Kier alpha value is -12.9. The topological polar surface area (TPSA) is 77.4 Å². The van der Waals surface area contributed by atoms with Gasteiger partial charge in [0.25, 0.3) is 0 Å². The molecule has 0 bridgehead atoms. The molecule has 0 aliphatic rings. The molecule has 0 spiro atoms. The van der Waals surface area contributed by atoms with Gasteiger partial charge in [0, 0.05) is 21.5 Å². The molecule has 0 unspecified atom stereocenters. The molecule has 0 atom stereocenters. The van der Waals surface area contributed by atoms with Crippen LogP contribution in [0.25, 0.3) is 172 Å². The first-order chi connectivity index (χ1) is 49.6. The standard InChI is InChI=1S/C88H52P.C8H6O4/c1-5-17-57-45-73-65(37-53(57)13-1)29-33-69-41-61-21-9-25-85(81(61)49-77(69)73)89(86-26-10-22-62-42-70-34-30-66-38-54-14-2-6-18-58(54)46-74(66)78(70)50-82(62)86,87-27-11-23-63-43-71-35-31-67-39-55-15-3-7-19-59(55)47-75(67)79(71)51-83(63)87)88-28-12-24-64-44-72-36-32-68-40-56-16-4-8-20-60(56)48-76(68)80(72)52-84(64)88;9-7(10)5-2-1-3-6(4-5)8(11)12/h1-52H;1-4H,(H,9,10)(H,11,12)/q+1;/p-1. The van der Waals surface area contributed by atoms with Gasteiger partial charge in [-0.15, -0.1) is 0 Å². The maximum absolute atomic E-state index is 10.4. The Labute approximate surface area is 579 Å². The number of hydrogen-bond donors (Lipinski definition) is 1. The fraction of sp³-hybridized carbons (Fsp3) is 0. The van der Waals surface area contributed by atoms with Gasteiger partial charge >= 0.3 is 5.97 Å². The first-order valence-corrected chi connectivity index (χ1v) is 36.0. The van der Waals surface area contributed by atoms with Crippen LogP contribution in [0.1, 0.15) is 20.7 Å². The van der Waals surface area contributed by atoms with Crippen LogP contribution >= 0.6 is 7.26 Å². The van der Waals surface area contributed by atoms with Crippen molar-refractivity contribution in [3.63, 3.8) is 0 Å². The number of aromatic carboxylic acids is 2. The molecule has 0 aromatic heterocycles. The second kappa shape index (κ2) is 22.6. The van der Waals surface area contributed by atoms with Crippen LogP contribution in [0.15, 0.2) is 340 Å². The number of carbonyl (C=O) groups is 2. The number of fused-ring (bicyclic) bond motifs is 20. The lowest BCUT2D eigenvalue weighted by molar-refractivity contribution is -0.255. The van der Waals surface area contributed by atoms with Gasteiger partial charge < -0.3 is 15.0 Å². The summed E-state index contributed by atoms with van der Waals surface area (Å²) in [5.74, 6) is -2.53. The summed E-state index contributed by atoms with van der Waals surface area (Å²) in [5.41, 5.74) is -0.188. The molecule has 4 nitrogen and oxygen atoms in total. The maximum atomic E-state index is 10.4. The van der Waals surface area contributed by atoms with Crippen LogP contribution in [0.2, 0.25) is 0 Å². The third-order valence-corrected chi connectivity index (χ3v) is 26.0. The van der Waals surface area contributed by atoms with Crippen LogP contribution in [0.5, 0.6) is 0 Å². The van der Waals surface area contributed by atoms with Crippen molar-refractivity contribution in [2.45, 2.75) is 0 Å². The van der Waals surface area contributed by atoms with E-state index in [2.05, 4.69) is 315 Å². The summed E-state index contributed by atoms with van der Waals surface area (Å²) in [6.45, 7) is 0. The number of carboxylic acid groups (broad SMARTS) is 2. The number of rotatable bonds is 6. The minimum absolute atomic E-state index is 0.0586. The Bertz CT molecular complexity index is 6410. The fourth-order valence-corrected chi connectivity index (χ4v) is 21.8. The number of hydrogen-bond acceptors (Lipinski definition) is 3. The molecule has 470 valence electrons. The maximum Gasteiger partial charge on any atom is 0.335 e. The van der Waals surface area contributed by atoms with E-state index in [1.54, 1.807) is 0 Å². The quantitative estimate of drug-likeness (QED) is 0.102. The Balaban J connectivity index is 0.000000522. The molecule has 0 fully saturated rings. The van der Waals surface area contributed by atoms with Crippen LogP contribution < -0.4 is 26.3 Å². The van der Waals surface area contributed by atoms with Gasteiger partial charge in [-0.1, -0.05) is 206 Å². The average molecular weight is 1310 g/mol. The Morgan fingerprint density at radius 1 is 0.198 bits per heavy atom. The zero-order valence-corrected chi connectivity index (χ0v) is 55.3. The number of carboxylic acids is 2. The summed E-state index contributed by atoms with van der Waals surface area (Å²) in [7, 11) is -3.20. The van der Waals surface area contributed by atoms with Gasteiger partial charge in [-0.05, 0) is 290 Å². The van der Waals surface area contributed by atoms with Crippen LogP contribution in [0.3, 0.4) is 0 Å². The molecule has 21 aromatic rings. The Kier molecular flexibility index (Phi) is 13.1. The van der Waals surface area contributed by atoms with Crippen LogP contribution in [0, 0.1) is 0 Å². The minimum Gasteiger partial charge on any atom is -0.545 e. The third kappa shape index (κ3) is 9.27. The van der Waals surface area contributed by atoms with E-state index in [1.165, 1.54) is 212 Å². The van der Waals surface area contributed by atoms with Crippen molar-refractivity contribution in [3.8, 4) is 0 Å². The predicted octanol–water partition coefficient (Wildman–Crippen LogP) is 22.5. The smallest absolute Gasteiger partial charge is 0.335 e. The van der Waals surface area contributed by atoms with Gasteiger partial charge in [0.2, 0.25) is 0 Å². The van der Waals surface area contributed by atoms with Gasteiger partial charge in [0.1, 0.15) is 28.5 Å². The first-order valence-electron chi connectivity index (χ1n) is 34.2. The summed E-state index contributed by atoms with van der Waals surface area (Å²) in [5, 5.41) is 64.2. The fourth-order valence-electron chi connectivity index (χ4n) is 16.8. The van der Waals surface area contributed by atoms with Gasteiger partial charge in [-0.3, -0.25) is 0 Å².